The monoisotopic (exact) mass is 295 g/mol. The van der Waals surface area contributed by atoms with Crippen molar-refractivity contribution >= 4 is 0 Å². The fraction of sp³-hybridized carbons (Fsp3) is 0.600. The second-order valence-corrected chi connectivity index (χ2v) is 5.94. The van der Waals surface area contributed by atoms with Gasteiger partial charge in [-0.1, -0.05) is 30.3 Å². The molecule has 2 aliphatic rings. The Bertz CT molecular complexity index is 480. The topological polar surface area (TPSA) is 71.4 Å². The largest absolute Gasteiger partial charge is 0.386 e. The second kappa shape index (κ2) is 5.64. The van der Waals surface area contributed by atoms with E-state index in [-0.39, 0.29) is 19.3 Å². The van der Waals surface area contributed by atoms with Gasteiger partial charge in [0.1, 0.15) is 18.3 Å². The molecule has 0 spiro atoms. The normalized spacial score (nSPS) is 34.9. The zero-order valence-electron chi connectivity index (χ0n) is 12.2. The van der Waals surface area contributed by atoms with Crippen LogP contribution in [0.3, 0.4) is 0 Å². The molecule has 4 atom stereocenters. The number of ether oxygens (including phenoxy) is 3. The number of hydroxylamine groups is 2. The summed E-state index contributed by atoms with van der Waals surface area (Å²) in [6, 6.07) is 9.51. The molecule has 3 rings (SSSR count). The van der Waals surface area contributed by atoms with Gasteiger partial charge in [0.25, 0.3) is 0 Å². The van der Waals surface area contributed by atoms with E-state index in [4.69, 9.17) is 14.2 Å². The Hall–Kier alpha value is -1.02. The molecule has 6 nitrogen and oxygen atoms in total. The molecule has 2 heterocycles. The standard InChI is InChI=1S/C15H21NO5/c1-15(2)20-11-9-19-14(12(17)13(11)21-15)16(18)8-10-6-4-3-5-7-10/h3-7,11-14,17-18H,8-9H2,1-2H3/t11-,12+,13-,14+/m1/s1. The number of hydrogen-bond donors (Lipinski definition) is 2. The molecule has 0 radical (unpaired) electrons. The second-order valence-electron chi connectivity index (χ2n) is 5.94. The van der Waals surface area contributed by atoms with Crippen LogP contribution in [0.15, 0.2) is 30.3 Å². The molecule has 2 saturated heterocycles. The predicted molar refractivity (Wildman–Crippen MR) is 73.3 cm³/mol. The third kappa shape index (κ3) is 3.11. The Morgan fingerprint density at radius 2 is 1.95 bits per heavy atom. The highest BCUT2D eigenvalue weighted by Crippen LogP contribution is 2.35. The van der Waals surface area contributed by atoms with Crippen LogP contribution in [0.5, 0.6) is 0 Å². The van der Waals surface area contributed by atoms with Crippen molar-refractivity contribution in [3.63, 3.8) is 0 Å². The lowest BCUT2D eigenvalue weighted by Gasteiger charge is -2.38. The first-order chi connectivity index (χ1) is 9.96. The fourth-order valence-corrected chi connectivity index (χ4v) is 2.86. The number of aliphatic hydroxyl groups excluding tert-OH is 1. The Labute approximate surface area is 123 Å². The highest BCUT2D eigenvalue weighted by molar-refractivity contribution is 5.14. The summed E-state index contributed by atoms with van der Waals surface area (Å²) < 4.78 is 16.9. The molecule has 21 heavy (non-hydrogen) atoms. The highest BCUT2D eigenvalue weighted by Gasteiger charge is 2.51. The Morgan fingerprint density at radius 1 is 1.24 bits per heavy atom. The molecule has 0 bridgehead atoms. The maximum Gasteiger partial charge on any atom is 0.164 e. The first kappa shape index (κ1) is 14.9. The van der Waals surface area contributed by atoms with Crippen molar-refractivity contribution in [1.29, 1.82) is 0 Å². The van der Waals surface area contributed by atoms with Gasteiger partial charge in [0.05, 0.1) is 13.2 Å². The van der Waals surface area contributed by atoms with Crippen LogP contribution < -0.4 is 0 Å². The summed E-state index contributed by atoms with van der Waals surface area (Å²) in [5.74, 6) is -0.742. The van der Waals surface area contributed by atoms with Crippen molar-refractivity contribution < 1.29 is 24.5 Å². The molecule has 1 aromatic carbocycles. The third-order valence-corrected chi connectivity index (χ3v) is 3.76. The van der Waals surface area contributed by atoms with Crippen molar-refractivity contribution in [2.75, 3.05) is 6.61 Å². The van der Waals surface area contributed by atoms with Gasteiger partial charge in [-0.25, -0.2) is 0 Å². The molecule has 2 N–H and O–H groups in total. The van der Waals surface area contributed by atoms with E-state index < -0.39 is 24.2 Å². The summed E-state index contributed by atoms with van der Waals surface area (Å²) in [4.78, 5) is 0. The minimum absolute atomic E-state index is 0.268. The van der Waals surface area contributed by atoms with E-state index in [2.05, 4.69) is 0 Å². The highest BCUT2D eigenvalue weighted by atomic mass is 16.8. The molecule has 116 valence electrons. The van der Waals surface area contributed by atoms with E-state index in [9.17, 15) is 10.3 Å². The number of benzene rings is 1. The molecule has 1 aromatic rings. The summed E-state index contributed by atoms with van der Waals surface area (Å²) in [6.45, 7) is 4.15. The van der Waals surface area contributed by atoms with Crippen LogP contribution >= 0.6 is 0 Å². The number of nitrogens with zero attached hydrogens (tertiary/aromatic N) is 1. The Morgan fingerprint density at radius 3 is 2.67 bits per heavy atom. The summed E-state index contributed by atoms with van der Waals surface area (Å²) >= 11 is 0. The van der Waals surface area contributed by atoms with Gasteiger partial charge in [-0.05, 0) is 19.4 Å². The van der Waals surface area contributed by atoms with Gasteiger partial charge < -0.3 is 24.5 Å². The van der Waals surface area contributed by atoms with Crippen LogP contribution in [0.1, 0.15) is 19.4 Å². The molecule has 2 aliphatic heterocycles. The molecule has 0 amide bonds. The number of aliphatic hydroxyl groups is 1. The van der Waals surface area contributed by atoms with Gasteiger partial charge in [0.2, 0.25) is 0 Å². The van der Waals surface area contributed by atoms with Gasteiger partial charge in [0.15, 0.2) is 12.0 Å². The van der Waals surface area contributed by atoms with E-state index in [0.717, 1.165) is 10.6 Å². The van der Waals surface area contributed by atoms with Gasteiger partial charge in [-0.2, -0.15) is 5.06 Å². The fourth-order valence-electron chi connectivity index (χ4n) is 2.86. The van der Waals surface area contributed by atoms with E-state index in [1.165, 1.54) is 0 Å². The smallest absolute Gasteiger partial charge is 0.164 e. The maximum absolute atomic E-state index is 10.4. The van der Waals surface area contributed by atoms with Gasteiger partial charge in [-0.15, -0.1) is 0 Å². The molecule has 6 heteroatoms. The lowest BCUT2D eigenvalue weighted by atomic mass is 10.0. The summed E-state index contributed by atoms with van der Waals surface area (Å²) in [5, 5.41) is 21.6. The first-order valence-corrected chi connectivity index (χ1v) is 7.11. The lowest BCUT2D eigenvalue weighted by Crippen LogP contribution is -2.57. The number of fused-ring (bicyclic) bond motifs is 1. The zero-order chi connectivity index (χ0) is 15.0. The molecule has 2 fully saturated rings. The minimum atomic E-state index is -0.973. The van der Waals surface area contributed by atoms with Crippen LogP contribution in [-0.4, -0.2) is 52.3 Å². The van der Waals surface area contributed by atoms with Crippen LogP contribution in [0, 0.1) is 0 Å². The Balaban J connectivity index is 1.66. The minimum Gasteiger partial charge on any atom is -0.386 e. The molecule has 0 unspecified atom stereocenters. The van der Waals surface area contributed by atoms with Crippen molar-refractivity contribution in [1.82, 2.24) is 5.06 Å². The molecule has 0 aromatic heterocycles. The number of hydrogen-bond acceptors (Lipinski definition) is 6. The first-order valence-electron chi connectivity index (χ1n) is 7.11. The van der Waals surface area contributed by atoms with Gasteiger partial charge in [0, 0.05) is 0 Å². The maximum atomic E-state index is 10.4. The third-order valence-electron chi connectivity index (χ3n) is 3.76. The molecular formula is C15H21NO5. The number of rotatable bonds is 3. The summed E-state index contributed by atoms with van der Waals surface area (Å²) in [6.07, 6.45) is -2.61. The van der Waals surface area contributed by atoms with Crippen molar-refractivity contribution in [3.8, 4) is 0 Å². The molecule has 0 aliphatic carbocycles. The average molecular weight is 295 g/mol. The van der Waals surface area contributed by atoms with Crippen molar-refractivity contribution in [2.45, 2.75) is 50.7 Å². The zero-order valence-corrected chi connectivity index (χ0v) is 12.2. The van der Waals surface area contributed by atoms with E-state index in [0.29, 0.717) is 0 Å². The molecular weight excluding hydrogens is 274 g/mol. The Kier molecular flexibility index (Phi) is 4.00. The lowest BCUT2D eigenvalue weighted by molar-refractivity contribution is -0.287. The quantitative estimate of drug-likeness (QED) is 0.814. The van der Waals surface area contributed by atoms with Crippen molar-refractivity contribution in [3.05, 3.63) is 35.9 Å². The van der Waals surface area contributed by atoms with Crippen LogP contribution in [0.25, 0.3) is 0 Å². The van der Waals surface area contributed by atoms with Crippen LogP contribution in [-0.2, 0) is 20.8 Å². The van der Waals surface area contributed by atoms with Gasteiger partial charge >= 0.3 is 0 Å². The van der Waals surface area contributed by atoms with Crippen LogP contribution in [0.2, 0.25) is 0 Å². The average Bonchev–Trinajstić information content (AvgIpc) is 2.75. The van der Waals surface area contributed by atoms with Crippen molar-refractivity contribution in [2.24, 2.45) is 0 Å². The summed E-state index contributed by atoms with van der Waals surface area (Å²) in [5.41, 5.74) is 0.932. The van der Waals surface area contributed by atoms with Crippen LogP contribution in [0.4, 0.5) is 0 Å². The van der Waals surface area contributed by atoms with Gasteiger partial charge in [-0.3, -0.25) is 0 Å². The predicted octanol–water partition coefficient (Wildman–Crippen LogP) is 1.12. The summed E-state index contributed by atoms with van der Waals surface area (Å²) in [7, 11) is 0. The molecule has 0 saturated carbocycles. The van der Waals surface area contributed by atoms with E-state index >= 15 is 0 Å². The van der Waals surface area contributed by atoms with E-state index in [1.54, 1.807) is 13.8 Å². The van der Waals surface area contributed by atoms with E-state index in [1.807, 2.05) is 30.3 Å². The SMILES string of the molecule is CC1(C)O[C@H]2[C@H](O)[C@@H](N(O)Cc3ccccc3)OC[C@H]2O1.